The maximum atomic E-state index is 12.4. The number of hydrogen-bond donors (Lipinski definition) is 1. The summed E-state index contributed by atoms with van der Waals surface area (Å²) in [6, 6.07) is 0. The van der Waals surface area contributed by atoms with Crippen molar-refractivity contribution in [1.82, 2.24) is 0 Å². The lowest BCUT2D eigenvalue weighted by Crippen LogP contribution is -2.33. The van der Waals surface area contributed by atoms with Gasteiger partial charge in [0.25, 0.3) is 0 Å². The molecule has 0 atom stereocenters. The van der Waals surface area contributed by atoms with Crippen LogP contribution >= 0.6 is 0 Å². The Balaban J connectivity index is 3.42. The van der Waals surface area contributed by atoms with Crippen molar-refractivity contribution in [2.24, 2.45) is 5.41 Å². The summed E-state index contributed by atoms with van der Waals surface area (Å²) < 4.78 is 9.88. The number of ether oxygens (including phenoxy) is 2. The largest absolute Gasteiger partial charge is 0.489 e. The number of aliphatic carboxylic acids is 1. The molecule has 0 bridgehead atoms. The van der Waals surface area contributed by atoms with Crippen LogP contribution in [0.4, 0.5) is 0 Å². The first-order valence-corrected chi connectivity index (χ1v) is 6.02. The Morgan fingerprint density at radius 1 is 1.10 bits per heavy atom. The highest BCUT2D eigenvalue weighted by molar-refractivity contribution is 6.24. The minimum atomic E-state index is -1.05. The summed E-state index contributed by atoms with van der Waals surface area (Å²) in [4.78, 5) is 35.6. The number of ketones is 2. The fraction of sp³-hybridized carbons (Fsp3) is 0.500. The number of allylic oxidation sites excluding steroid dienone is 2. The van der Waals surface area contributed by atoms with E-state index in [1.54, 1.807) is 13.8 Å². The van der Waals surface area contributed by atoms with Crippen molar-refractivity contribution in [1.29, 1.82) is 0 Å². The molecule has 20 heavy (non-hydrogen) atoms. The Morgan fingerprint density at radius 3 is 1.95 bits per heavy atom. The molecule has 0 aromatic heterocycles. The second-order valence-corrected chi connectivity index (χ2v) is 5.18. The quantitative estimate of drug-likeness (QED) is 0.768. The van der Waals surface area contributed by atoms with E-state index < -0.39 is 23.0 Å². The van der Waals surface area contributed by atoms with Crippen LogP contribution in [0.5, 0.6) is 0 Å². The number of methoxy groups -OCH3 is 2. The maximum Gasteiger partial charge on any atom is 0.304 e. The third-order valence-corrected chi connectivity index (χ3v) is 3.24. The predicted molar refractivity (Wildman–Crippen MR) is 69.8 cm³/mol. The van der Waals surface area contributed by atoms with Crippen LogP contribution in [0.3, 0.4) is 0 Å². The summed E-state index contributed by atoms with van der Waals surface area (Å²) in [5.74, 6) is -2.34. The molecule has 0 aliphatic heterocycles. The summed E-state index contributed by atoms with van der Waals surface area (Å²) in [6.07, 6.45) is -0.266. The fourth-order valence-electron chi connectivity index (χ4n) is 2.43. The molecule has 1 aliphatic carbocycles. The molecule has 0 fully saturated rings. The van der Waals surface area contributed by atoms with E-state index in [2.05, 4.69) is 0 Å². The van der Waals surface area contributed by atoms with Gasteiger partial charge in [-0.1, -0.05) is 13.8 Å². The van der Waals surface area contributed by atoms with Gasteiger partial charge in [0, 0.05) is 16.6 Å². The van der Waals surface area contributed by atoms with Gasteiger partial charge in [-0.3, -0.25) is 14.4 Å². The van der Waals surface area contributed by atoms with Crippen molar-refractivity contribution in [3.8, 4) is 0 Å². The minimum absolute atomic E-state index is 0.148. The van der Waals surface area contributed by atoms with E-state index >= 15 is 0 Å². The highest BCUT2D eigenvalue weighted by Crippen LogP contribution is 2.39. The summed E-state index contributed by atoms with van der Waals surface area (Å²) >= 11 is 0. The lowest BCUT2D eigenvalue weighted by molar-refractivity contribution is -0.139. The van der Waals surface area contributed by atoms with Crippen molar-refractivity contribution in [2.75, 3.05) is 14.2 Å². The van der Waals surface area contributed by atoms with Crippen molar-refractivity contribution in [2.45, 2.75) is 27.2 Å². The van der Waals surface area contributed by atoms with E-state index in [4.69, 9.17) is 14.6 Å². The first-order chi connectivity index (χ1) is 9.17. The van der Waals surface area contributed by atoms with Gasteiger partial charge in [-0.15, -0.1) is 0 Å². The van der Waals surface area contributed by atoms with E-state index in [1.807, 2.05) is 0 Å². The Kier molecular flexibility index (Phi) is 4.37. The molecule has 0 radical (unpaired) electrons. The van der Waals surface area contributed by atoms with Crippen LogP contribution < -0.4 is 0 Å². The maximum absolute atomic E-state index is 12.4. The van der Waals surface area contributed by atoms with Gasteiger partial charge in [0.05, 0.1) is 20.6 Å². The Hall–Kier alpha value is -2.11. The lowest BCUT2D eigenvalue weighted by Gasteiger charge is -2.30. The number of hydrogen-bond acceptors (Lipinski definition) is 5. The molecule has 6 heteroatoms. The van der Waals surface area contributed by atoms with Gasteiger partial charge in [-0.05, 0) is 6.92 Å². The molecule has 0 saturated heterocycles. The molecule has 0 saturated carbocycles. The molecule has 0 aromatic rings. The summed E-state index contributed by atoms with van der Waals surface area (Å²) in [7, 11) is 2.54. The average Bonchev–Trinajstić information content (AvgIpc) is 2.31. The Bertz CT molecular complexity index is 536. The molecule has 0 heterocycles. The van der Waals surface area contributed by atoms with Crippen LogP contribution in [0, 0.1) is 5.41 Å². The second-order valence-electron chi connectivity index (χ2n) is 5.18. The highest BCUT2D eigenvalue weighted by Gasteiger charge is 2.42. The zero-order valence-electron chi connectivity index (χ0n) is 12.2. The van der Waals surface area contributed by atoms with E-state index in [0.29, 0.717) is 0 Å². The molecule has 1 N–H and O–H groups in total. The van der Waals surface area contributed by atoms with E-state index in [0.717, 1.165) is 0 Å². The smallest absolute Gasteiger partial charge is 0.304 e. The van der Waals surface area contributed by atoms with Gasteiger partial charge < -0.3 is 14.6 Å². The van der Waals surface area contributed by atoms with E-state index in [-0.39, 0.29) is 29.1 Å². The molecule has 0 aromatic carbocycles. The van der Waals surface area contributed by atoms with Gasteiger partial charge in [-0.25, -0.2) is 0 Å². The first-order valence-electron chi connectivity index (χ1n) is 6.02. The molecular weight excluding hydrogens is 264 g/mol. The number of Topliss-reactive ketones (excluding diaryl/α,β-unsaturated/α-hetero) is 2. The molecule has 0 amide bonds. The second kappa shape index (κ2) is 5.48. The Labute approximate surface area is 117 Å². The van der Waals surface area contributed by atoms with Crippen molar-refractivity contribution in [3.05, 3.63) is 22.7 Å². The summed E-state index contributed by atoms with van der Waals surface area (Å²) in [5, 5.41) is 8.95. The third kappa shape index (κ3) is 2.59. The summed E-state index contributed by atoms with van der Waals surface area (Å²) in [6.45, 7) is 4.71. The van der Waals surface area contributed by atoms with Gasteiger partial charge in [0.2, 0.25) is 23.1 Å². The number of rotatable bonds is 5. The van der Waals surface area contributed by atoms with Gasteiger partial charge >= 0.3 is 5.97 Å². The average molecular weight is 282 g/mol. The number of carbonyl (C=O) groups is 3. The molecule has 0 unspecified atom stereocenters. The van der Waals surface area contributed by atoms with Crippen LogP contribution in [0.15, 0.2) is 22.7 Å². The van der Waals surface area contributed by atoms with Gasteiger partial charge in [0.1, 0.15) is 0 Å². The standard InChI is InChI=1S/C14H18O6/c1-7-9(14(2,3)6-8(15)16)11(18)13(20-5)12(19-4)10(7)17/h6H2,1-5H3,(H,15,16). The monoisotopic (exact) mass is 282 g/mol. The summed E-state index contributed by atoms with van der Waals surface area (Å²) in [5.41, 5.74) is -0.632. The number of carboxylic acid groups (broad SMARTS) is 1. The fourth-order valence-corrected chi connectivity index (χ4v) is 2.43. The minimum Gasteiger partial charge on any atom is -0.489 e. The van der Waals surface area contributed by atoms with Crippen LogP contribution in [0.1, 0.15) is 27.2 Å². The topological polar surface area (TPSA) is 89.9 Å². The normalized spacial score (nSPS) is 16.6. The molecule has 110 valence electrons. The van der Waals surface area contributed by atoms with Crippen LogP contribution in [0.25, 0.3) is 0 Å². The van der Waals surface area contributed by atoms with Crippen LogP contribution in [-0.4, -0.2) is 36.9 Å². The molecule has 1 rings (SSSR count). The van der Waals surface area contributed by atoms with Crippen LogP contribution in [0.2, 0.25) is 0 Å². The number of carboxylic acids is 1. The zero-order chi connectivity index (χ0) is 15.7. The van der Waals surface area contributed by atoms with Gasteiger partial charge in [0.15, 0.2) is 0 Å². The molecule has 1 aliphatic rings. The number of carbonyl (C=O) groups excluding carboxylic acids is 2. The van der Waals surface area contributed by atoms with Gasteiger partial charge in [-0.2, -0.15) is 0 Å². The van der Waals surface area contributed by atoms with E-state index in [1.165, 1.54) is 21.1 Å². The Morgan fingerprint density at radius 2 is 1.55 bits per heavy atom. The zero-order valence-corrected chi connectivity index (χ0v) is 12.2. The van der Waals surface area contributed by atoms with Crippen molar-refractivity contribution >= 4 is 17.5 Å². The highest BCUT2D eigenvalue weighted by atomic mass is 16.5. The predicted octanol–water partition coefficient (Wildman–Crippen LogP) is 1.46. The van der Waals surface area contributed by atoms with Crippen molar-refractivity contribution in [3.63, 3.8) is 0 Å². The van der Waals surface area contributed by atoms with E-state index in [9.17, 15) is 14.4 Å². The first kappa shape index (κ1) is 15.9. The lowest BCUT2D eigenvalue weighted by atomic mass is 9.73. The molecule has 6 nitrogen and oxygen atoms in total. The van der Waals surface area contributed by atoms with Crippen LogP contribution in [-0.2, 0) is 23.9 Å². The SMILES string of the molecule is COC1=C(OC)C(=O)C(C(C)(C)CC(=O)O)=C(C)C1=O. The van der Waals surface area contributed by atoms with Crippen molar-refractivity contribution < 1.29 is 29.0 Å². The molecular formula is C14H18O6. The third-order valence-electron chi connectivity index (χ3n) is 3.24. The molecule has 0 spiro atoms.